The Bertz CT molecular complexity index is 935. The van der Waals surface area contributed by atoms with E-state index in [1.165, 1.54) is 0 Å². The summed E-state index contributed by atoms with van der Waals surface area (Å²) in [6.45, 7) is 2.19. The van der Waals surface area contributed by atoms with Crippen molar-refractivity contribution in [3.8, 4) is 0 Å². The van der Waals surface area contributed by atoms with Crippen molar-refractivity contribution in [2.24, 2.45) is 5.92 Å². The Balaban J connectivity index is 1.41. The third-order valence-corrected chi connectivity index (χ3v) is 6.69. The highest BCUT2D eigenvalue weighted by atomic mass is 19.3. The summed E-state index contributed by atoms with van der Waals surface area (Å²) in [4.78, 5) is 19.9. The molecule has 0 radical (unpaired) electrons. The highest BCUT2D eigenvalue weighted by molar-refractivity contribution is 5.87. The molecule has 4 rings (SSSR count). The molecule has 1 aliphatic heterocycles. The Labute approximate surface area is 186 Å². The zero-order valence-electron chi connectivity index (χ0n) is 18.0. The van der Waals surface area contributed by atoms with E-state index in [1.54, 1.807) is 36.4 Å². The Morgan fingerprint density at radius 2 is 1.88 bits per heavy atom. The van der Waals surface area contributed by atoms with E-state index in [1.807, 2.05) is 12.1 Å². The molecule has 2 atom stereocenters. The topological polar surface area (TPSA) is 91.5 Å². The number of likely N-dealkylation sites (tertiary alicyclic amines) is 1. The van der Waals surface area contributed by atoms with Crippen molar-refractivity contribution in [3.63, 3.8) is 0 Å². The van der Waals surface area contributed by atoms with Gasteiger partial charge in [-0.05, 0) is 37.0 Å². The molecule has 1 saturated heterocycles. The predicted molar refractivity (Wildman–Crippen MR) is 118 cm³/mol. The van der Waals surface area contributed by atoms with Crippen LogP contribution in [0, 0.1) is 5.92 Å². The number of nitrogens with one attached hydrogen (secondary N) is 1. The van der Waals surface area contributed by atoms with E-state index in [4.69, 9.17) is 5.73 Å². The minimum Gasteiger partial charge on any atom is -0.384 e. The summed E-state index contributed by atoms with van der Waals surface area (Å²) < 4.78 is 27.9. The lowest BCUT2D eigenvalue weighted by Gasteiger charge is -2.37. The molecule has 0 bridgehead atoms. The van der Waals surface area contributed by atoms with Gasteiger partial charge in [0.2, 0.25) is 5.92 Å². The van der Waals surface area contributed by atoms with Gasteiger partial charge in [-0.25, -0.2) is 13.8 Å². The summed E-state index contributed by atoms with van der Waals surface area (Å²) in [5.74, 6) is -3.77. The third kappa shape index (κ3) is 4.91. The van der Waals surface area contributed by atoms with Crippen LogP contribution in [0.5, 0.6) is 0 Å². The van der Waals surface area contributed by atoms with Gasteiger partial charge >= 0.3 is 0 Å². The van der Waals surface area contributed by atoms with E-state index in [-0.39, 0.29) is 18.9 Å². The number of hydrogen-bond acceptors (Lipinski definition) is 5. The second-order valence-electron chi connectivity index (χ2n) is 9.01. The second-order valence-corrected chi connectivity index (χ2v) is 9.01. The number of alkyl halides is 2. The highest BCUT2D eigenvalue weighted by Gasteiger charge is 2.53. The number of aliphatic hydroxyl groups is 1. The molecule has 2 fully saturated rings. The first-order chi connectivity index (χ1) is 15.3. The Hall–Kier alpha value is -2.58. The number of hydrogen-bond donors (Lipinski definition) is 3. The van der Waals surface area contributed by atoms with E-state index in [2.05, 4.69) is 15.2 Å². The SMILES string of the molecule is Nc1cccc(CN2CCC(NC(=O)[C@](O)(c3ccccc3)C3CCC(F)(F)C3)CC2)n1. The van der Waals surface area contributed by atoms with Crippen molar-refractivity contribution >= 4 is 11.7 Å². The Morgan fingerprint density at radius 1 is 1.16 bits per heavy atom. The summed E-state index contributed by atoms with van der Waals surface area (Å²) in [7, 11) is 0. The van der Waals surface area contributed by atoms with Crippen LogP contribution in [0.25, 0.3) is 0 Å². The number of carbonyl (C=O) groups excluding carboxylic acids is 1. The predicted octanol–water partition coefficient (Wildman–Crippen LogP) is 3.07. The summed E-state index contributed by atoms with van der Waals surface area (Å²) >= 11 is 0. The monoisotopic (exact) mass is 444 g/mol. The van der Waals surface area contributed by atoms with E-state index in [9.17, 15) is 18.7 Å². The van der Waals surface area contributed by atoms with Crippen molar-refractivity contribution in [3.05, 3.63) is 59.8 Å². The van der Waals surface area contributed by atoms with Crippen LogP contribution in [0.2, 0.25) is 0 Å². The zero-order valence-corrected chi connectivity index (χ0v) is 18.0. The van der Waals surface area contributed by atoms with Crippen molar-refractivity contribution in [2.75, 3.05) is 18.8 Å². The fourth-order valence-corrected chi connectivity index (χ4v) is 4.90. The molecule has 6 nitrogen and oxygen atoms in total. The quantitative estimate of drug-likeness (QED) is 0.637. The number of halogens is 2. The van der Waals surface area contributed by atoms with Gasteiger partial charge < -0.3 is 16.2 Å². The molecule has 4 N–H and O–H groups in total. The number of aromatic nitrogens is 1. The van der Waals surface area contributed by atoms with Gasteiger partial charge in [-0.2, -0.15) is 0 Å². The first-order valence-electron chi connectivity index (χ1n) is 11.2. The van der Waals surface area contributed by atoms with Crippen molar-refractivity contribution in [1.82, 2.24) is 15.2 Å². The maximum Gasteiger partial charge on any atom is 0.257 e. The number of piperidine rings is 1. The molecule has 0 spiro atoms. The molecule has 2 aliphatic rings. The molecule has 1 aromatic heterocycles. The van der Waals surface area contributed by atoms with E-state index < -0.39 is 29.8 Å². The average Bonchev–Trinajstić information content (AvgIpc) is 3.15. The molecule has 32 heavy (non-hydrogen) atoms. The van der Waals surface area contributed by atoms with E-state index in [0.29, 0.717) is 30.8 Å². The van der Waals surface area contributed by atoms with Crippen LogP contribution < -0.4 is 11.1 Å². The first kappa shape index (κ1) is 22.6. The molecule has 8 heteroatoms. The van der Waals surface area contributed by atoms with Gasteiger partial charge in [-0.1, -0.05) is 36.4 Å². The number of rotatable bonds is 6. The van der Waals surface area contributed by atoms with Crippen LogP contribution in [-0.2, 0) is 16.9 Å². The van der Waals surface area contributed by atoms with Gasteiger partial charge in [-0.3, -0.25) is 9.69 Å². The minimum atomic E-state index is -2.85. The number of nitrogens with two attached hydrogens (primary N) is 1. The maximum absolute atomic E-state index is 13.9. The van der Waals surface area contributed by atoms with Crippen molar-refractivity contribution < 1.29 is 18.7 Å². The Kier molecular flexibility index (Phi) is 6.44. The van der Waals surface area contributed by atoms with E-state index in [0.717, 1.165) is 18.8 Å². The lowest BCUT2D eigenvalue weighted by Crippen LogP contribution is -2.54. The van der Waals surface area contributed by atoms with E-state index >= 15 is 0 Å². The fourth-order valence-electron chi connectivity index (χ4n) is 4.90. The zero-order chi connectivity index (χ0) is 22.8. The summed E-state index contributed by atoms with van der Waals surface area (Å²) in [5.41, 5.74) is 5.04. The number of nitrogens with zero attached hydrogens (tertiary/aromatic N) is 2. The number of pyridine rings is 1. The third-order valence-electron chi connectivity index (χ3n) is 6.69. The highest BCUT2D eigenvalue weighted by Crippen LogP contribution is 2.47. The number of carbonyl (C=O) groups is 1. The molecule has 172 valence electrons. The number of anilines is 1. The molecular weight excluding hydrogens is 414 g/mol. The van der Waals surface area contributed by atoms with Gasteiger partial charge in [0.1, 0.15) is 5.82 Å². The second kappa shape index (κ2) is 9.11. The lowest BCUT2D eigenvalue weighted by molar-refractivity contribution is -0.149. The normalized spacial score (nSPS) is 23.5. The van der Waals surface area contributed by atoms with Gasteiger partial charge in [0.25, 0.3) is 5.91 Å². The fraction of sp³-hybridized carbons (Fsp3) is 0.500. The lowest BCUT2D eigenvalue weighted by atomic mass is 9.79. The maximum atomic E-state index is 13.9. The van der Waals surface area contributed by atoms with Crippen LogP contribution >= 0.6 is 0 Å². The number of amides is 1. The largest absolute Gasteiger partial charge is 0.384 e. The van der Waals surface area contributed by atoms with Crippen LogP contribution in [-0.4, -0.2) is 46.0 Å². The van der Waals surface area contributed by atoms with Crippen LogP contribution in [0.1, 0.15) is 43.4 Å². The van der Waals surface area contributed by atoms with Gasteiger partial charge in [-0.15, -0.1) is 0 Å². The van der Waals surface area contributed by atoms with Crippen LogP contribution in [0.3, 0.4) is 0 Å². The smallest absolute Gasteiger partial charge is 0.257 e. The molecule has 1 saturated carbocycles. The molecule has 1 unspecified atom stereocenters. The van der Waals surface area contributed by atoms with Crippen LogP contribution in [0.15, 0.2) is 48.5 Å². The summed E-state index contributed by atoms with van der Waals surface area (Å²) in [6, 6.07) is 13.9. The van der Waals surface area contributed by atoms with Gasteiger partial charge in [0, 0.05) is 44.4 Å². The van der Waals surface area contributed by atoms with Gasteiger partial charge in [0.05, 0.1) is 5.69 Å². The number of benzene rings is 1. The summed E-state index contributed by atoms with van der Waals surface area (Å²) in [5, 5.41) is 14.5. The molecule has 2 heterocycles. The molecule has 1 amide bonds. The summed E-state index contributed by atoms with van der Waals surface area (Å²) in [6.07, 6.45) is 0.727. The molecule has 1 aromatic carbocycles. The van der Waals surface area contributed by atoms with Gasteiger partial charge in [0.15, 0.2) is 5.60 Å². The van der Waals surface area contributed by atoms with Crippen molar-refractivity contribution in [2.45, 2.75) is 56.2 Å². The van der Waals surface area contributed by atoms with Crippen LogP contribution in [0.4, 0.5) is 14.6 Å². The van der Waals surface area contributed by atoms with Crippen molar-refractivity contribution in [1.29, 1.82) is 0 Å². The molecule has 2 aromatic rings. The standard InChI is InChI=1S/C24H30F2N4O2/c25-23(26)12-9-18(15-23)24(32,17-5-2-1-3-6-17)22(31)29-19-10-13-30(14-11-19)16-20-7-4-8-21(27)28-20/h1-8,18-19,32H,9-16H2,(H2,27,28)(H,29,31)/t18?,24-/m0/s1. The molecule has 1 aliphatic carbocycles. The minimum absolute atomic E-state index is 0.109. The average molecular weight is 445 g/mol. The number of nitrogen functional groups attached to an aromatic ring is 1. The Morgan fingerprint density at radius 3 is 2.50 bits per heavy atom. The molecular formula is C24H30F2N4O2. The first-order valence-corrected chi connectivity index (χ1v) is 11.2.